The third-order valence-corrected chi connectivity index (χ3v) is 6.85. The minimum absolute atomic E-state index is 0.301. The van der Waals surface area contributed by atoms with Gasteiger partial charge in [-0.05, 0) is 63.1 Å². The highest BCUT2D eigenvalue weighted by Crippen LogP contribution is 2.39. The minimum Gasteiger partial charge on any atom is -0.479 e. The molecule has 0 aliphatic carbocycles. The first-order valence-corrected chi connectivity index (χ1v) is 12.3. The molecule has 9 heteroatoms. The molecule has 2 aromatic carbocycles. The molecule has 0 spiro atoms. The molecule has 2 unspecified atom stereocenters. The molecule has 1 aliphatic rings. The van der Waals surface area contributed by atoms with E-state index in [4.69, 9.17) is 32.9 Å². The number of aryl methyl sites for hydroxylation is 1. The van der Waals surface area contributed by atoms with Gasteiger partial charge in [0, 0.05) is 16.0 Å². The fourth-order valence-electron chi connectivity index (χ4n) is 3.64. The summed E-state index contributed by atoms with van der Waals surface area (Å²) in [5.41, 5.74) is 2.60. The molecule has 2 amide bonds. The maximum Gasteiger partial charge on any atom is 0.268 e. The fourth-order valence-corrected chi connectivity index (χ4v) is 4.89. The molecule has 1 N–H and O–H groups in total. The van der Waals surface area contributed by atoms with E-state index in [1.165, 1.54) is 4.90 Å². The highest BCUT2D eigenvalue weighted by molar-refractivity contribution is 7.09. The largest absolute Gasteiger partial charge is 0.479 e. The van der Waals surface area contributed by atoms with Gasteiger partial charge in [0.1, 0.15) is 11.8 Å². The van der Waals surface area contributed by atoms with Crippen LogP contribution in [0, 0.1) is 0 Å². The van der Waals surface area contributed by atoms with E-state index in [9.17, 15) is 9.59 Å². The number of amides is 2. The van der Waals surface area contributed by atoms with Gasteiger partial charge < -0.3 is 10.1 Å². The van der Waals surface area contributed by atoms with Gasteiger partial charge in [-0.3, -0.25) is 14.5 Å². The number of thiazole rings is 1. The van der Waals surface area contributed by atoms with Crippen molar-refractivity contribution < 1.29 is 14.3 Å². The summed E-state index contributed by atoms with van der Waals surface area (Å²) in [6.45, 7) is 5.45. The molecule has 4 rings (SSSR count). The van der Waals surface area contributed by atoms with Gasteiger partial charge in [-0.2, -0.15) is 0 Å². The van der Waals surface area contributed by atoms with Gasteiger partial charge in [0.05, 0.1) is 27.1 Å². The van der Waals surface area contributed by atoms with Gasteiger partial charge >= 0.3 is 0 Å². The van der Waals surface area contributed by atoms with E-state index in [2.05, 4.69) is 12.2 Å². The molecule has 0 bridgehead atoms. The summed E-state index contributed by atoms with van der Waals surface area (Å²) in [4.78, 5) is 32.4. The second-order valence-electron chi connectivity index (χ2n) is 7.82. The van der Waals surface area contributed by atoms with E-state index >= 15 is 0 Å². The molecule has 0 radical (unpaired) electrons. The highest BCUT2D eigenvalue weighted by atomic mass is 35.5. The molecule has 2 heterocycles. The number of carbonyl (C=O) groups excluding carboxylic acids is 2. The van der Waals surface area contributed by atoms with Gasteiger partial charge in [-0.1, -0.05) is 30.1 Å². The molecule has 1 aromatic heterocycles. The number of benzene rings is 2. The summed E-state index contributed by atoms with van der Waals surface area (Å²) in [5, 5.41) is 6.64. The third kappa shape index (κ3) is 4.86. The molecule has 3 aromatic rings. The van der Waals surface area contributed by atoms with Gasteiger partial charge in [0.15, 0.2) is 6.10 Å². The number of ether oxygens (including phenoxy) is 1. The number of nitrogens with zero attached hydrogens (tertiary/aromatic N) is 2. The van der Waals surface area contributed by atoms with Crippen molar-refractivity contribution in [2.75, 3.05) is 10.2 Å². The van der Waals surface area contributed by atoms with E-state index in [-0.39, 0.29) is 5.91 Å². The van der Waals surface area contributed by atoms with Crippen LogP contribution in [0.5, 0.6) is 5.75 Å². The smallest absolute Gasteiger partial charge is 0.268 e. The van der Waals surface area contributed by atoms with Crippen LogP contribution in [-0.2, 0) is 16.0 Å². The Kier molecular flexibility index (Phi) is 6.93. The number of fused-ring (bicyclic) bond motifs is 1. The quantitative estimate of drug-likeness (QED) is 0.433. The number of halogens is 2. The van der Waals surface area contributed by atoms with Crippen LogP contribution >= 0.6 is 34.5 Å². The Morgan fingerprint density at radius 1 is 1.27 bits per heavy atom. The van der Waals surface area contributed by atoms with Crippen LogP contribution in [0.4, 0.5) is 11.4 Å². The summed E-state index contributed by atoms with van der Waals surface area (Å²) in [6.07, 6.45) is 1.22. The molecule has 172 valence electrons. The average molecular weight is 504 g/mol. The van der Waals surface area contributed by atoms with E-state index in [0.29, 0.717) is 27.2 Å². The zero-order valence-electron chi connectivity index (χ0n) is 18.4. The molecule has 33 heavy (non-hydrogen) atoms. The summed E-state index contributed by atoms with van der Waals surface area (Å²) in [5.74, 6) is -0.156. The Bertz CT molecular complexity index is 1210. The number of hydrogen-bond acceptors (Lipinski definition) is 5. The van der Waals surface area contributed by atoms with Gasteiger partial charge in [0.2, 0.25) is 5.91 Å². The van der Waals surface area contributed by atoms with E-state index in [0.717, 1.165) is 29.1 Å². The molecule has 0 saturated heterocycles. The Morgan fingerprint density at radius 3 is 2.82 bits per heavy atom. The van der Waals surface area contributed by atoms with E-state index < -0.39 is 18.1 Å². The molecular weight excluding hydrogens is 481 g/mol. The lowest BCUT2D eigenvalue weighted by Crippen LogP contribution is -2.52. The SMILES string of the molecule is CCCc1nc(-c2ccc3c(c2)N(C(C)C(=O)Nc2cc(Cl)ccc2Cl)C(=O)C(C)O3)cs1. The molecular formula is C24H23Cl2N3O3S. The molecule has 0 fully saturated rings. The Hall–Kier alpha value is -2.61. The van der Waals surface area contributed by atoms with Crippen molar-refractivity contribution in [2.24, 2.45) is 0 Å². The van der Waals surface area contributed by atoms with Crippen LogP contribution in [0.25, 0.3) is 11.3 Å². The number of anilines is 2. The molecule has 0 saturated carbocycles. The standard InChI is InChI=1S/C24H23Cl2N3O3S/c1-4-5-22-27-19(12-33-22)15-6-9-21-20(10-15)29(24(31)14(3)32-21)13(2)23(30)28-18-11-16(25)7-8-17(18)26/h6-14H,4-5H2,1-3H3,(H,28,30). The van der Waals surface area contributed by atoms with Crippen molar-refractivity contribution >= 4 is 57.7 Å². The maximum atomic E-state index is 13.1. The lowest BCUT2D eigenvalue weighted by atomic mass is 10.1. The van der Waals surface area contributed by atoms with Crippen LogP contribution < -0.4 is 15.0 Å². The number of carbonyl (C=O) groups is 2. The first-order chi connectivity index (χ1) is 15.8. The van der Waals surface area contributed by atoms with Gasteiger partial charge in [0.25, 0.3) is 5.91 Å². The normalized spacial score (nSPS) is 16.2. The predicted molar refractivity (Wildman–Crippen MR) is 134 cm³/mol. The zero-order chi connectivity index (χ0) is 23.7. The second kappa shape index (κ2) is 9.71. The van der Waals surface area contributed by atoms with Crippen LogP contribution in [0.1, 0.15) is 32.2 Å². The van der Waals surface area contributed by atoms with E-state index in [1.54, 1.807) is 43.4 Å². The average Bonchev–Trinajstić information content (AvgIpc) is 3.25. The molecule has 6 nitrogen and oxygen atoms in total. The van der Waals surface area contributed by atoms with Gasteiger partial charge in [-0.15, -0.1) is 11.3 Å². The molecule has 2 atom stereocenters. The monoisotopic (exact) mass is 503 g/mol. The van der Waals surface area contributed by atoms with Crippen molar-refractivity contribution in [1.29, 1.82) is 0 Å². The number of nitrogens with one attached hydrogen (secondary N) is 1. The number of hydrogen-bond donors (Lipinski definition) is 1. The highest BCUT2D eigenvalue weighted by Gasteiger charge is 2.37. The number of rotatable bonds is 6. The summed E-state index contributed by atoms with van der Waals surface area (Å²) < 4.78 is 5.81. The number of aromatic nitrogens is 1. The van der Waals surface area contributed by atoms with Crippen LogP contribution in [0.15, 0.2) is 41.8 Å². The van der Waals surface area contributed by atoms with Gasteiger partial charge in [-0.25, -0.2) is 4.98 Å². The summed E-state index contributed by atoms with van der Waals surface area (Å²) in [6, 6.07) is 9.57. The lowest BCUT2D eigenvalue weighted by Gasteiger charge is -2.36. The van der Waals surface area contributed by atoms with Crippen molar-refractivity contribution in [1.82, 2.24) is 4.98 Å². The van der Waals surface area contributed by atoms with Crippen molar-refractivity contribution in [3.63, 3.8) is 0 Å². The summed E-state index contributed by atoms with van der Waals surface area (Å²) >= 11 is 13.8. The first kappa shape index (κ1) is 23.5. The van der Waals surface area contributed by atoms with Crippen LogP contribution in [0.2, 0.25) is 10.0 Å². The Balaban J connectivity index is 1.67. The topological polar surface area (TPSA) is 71.5 Å². The molecule has 1 aliphatic heterocycles. The minimum atomic E-state index is -0.820. The third-order valence-electron chi connectivity index (χ3n) is 5.37. The lowest BCUT2D eigenvalue weighted by molar-refractivity contribution is -0.128. The first-order valence-electron chi connectivity index (χ1n) is 10.6. The van der Waals surface area contributed by atoms with Crippen molar-refractivity contribution in [2.45, 2.75) is 45.8 Å². The second-order valence-corrected chi connectivity index (χ2v) is 9.60. The zero-order valence-corrected chi connectivity index (χ0v) is 20.7. The predicted octanol–water partition coefficient (Wildman–Crippen LogP) is 6.21. The Labute approximate surface area is 206 Å². The van der Waals surface area contributed by atoms with Crippen molar-refractivity contribution in [3.8, 4) is 17.0 Å². The van der Waals surface area contributed by atoms with Crippen LogP contribution in [0.3, 0.4) is 0 Å². The fraction of sp³-hybridized carbons (Fsp3) is 0.292. The Morgan fingerprint density at radius 2 is 2.06 bits per heavy atom. The van der Waals surface area contributed by atoms with E-state index in [1.807, 2.05) is 23.6 Å². The van der Waals surface area contributed by atoms with Crippen molar-refractivity contribution in [3.05, 3.63) is 56.8 Å². The summed E-state index contributed by atoms with van der Waals surface area (Å²) in [7, 11) is 0. The van der Waals surface area contributed by atoms with Crippen LogP contribution in [-0.4, -0.2) is 28.9 Å². The maximum absolute atomic E-state index is 13.1.